The van der Waals surface area contributed by atoms with Gasteiger partial charge in [0.05, 0.1) is 10.6 Å². The summed E-state index contributed by atoms with van der Waals surface area (Å²) in [5.74, 6) is -1.17. The quantitative estimate of drug-likeness (QED) is 0.525. The van der Waals surface area contributed by atoms with Crippen molar-refractivity contribution in [3.8, 4) is 11.3 Å². The lowest BCUT2D eigenvalue weighted by atomic mass is 10.1. The summed E-state index contributed by atoms with van der Waals surface area (Å²) in [6.07, 6.45) is -2.66. The van der Waals surface area contributed by atoms with Crippen LogP contribution in [-0.2, 0) is 21.2 Å². The Bertz CT molecular complexity index is 1440. The van der Waals surface area contributed by atoms with E-state index < -0.39 is 28.1 Å². The van der Waals surface area contributed by atoms with Crippen molar-refractivity contribution in [2.75, 3.05) is 27.6 Å². The maximum Gasteiger partial charge on any atom is 0.471 e. The van der Waals surface area contributed by atoms with E-state index in [2.05, 4.69) is 19.8 Å². The maximum atomic E-state index is 13.1. The third kappa shape index (κ3) is 4.97. The molecule has 0 bridgehead atoms. The van der Waals surface area contributed by atoms with Gasteiger partial charge < -0.3 is 9.80 Å². The normalized spacial score (nSPS) is 17.7. The third-order valence-corrected chi connectivity index (χ3v) is 7.91. The molecule has 2 aliphatic heterocycles. The Morgan fingerprint density at radius 2 is 1.78 bits per heavy atom. The van der Waals surface area contributed by atoms with Gasteiger partial charge in [0.25, 0.3) is 10.0 Å². The number of halogens is 3. The van der Waals surface area contributed by atoms with Gasteiger partial charge in [0.2, 0.25) is 0 Å². The number of nitrogens with one attached hydrogen (secondary N) is 1. The monoisotopic (exact) mass is 531 g/mol. The number of benzene rings is 2. The molecule has 37 heavy (non-hydrogen) atoms. The van der Waals surface area contributed by atoms with Crippen molar-refractivity contribution in [3.63, 3.8) is 0 Å². The molecule has 0 saturated carbocycles. The van der Waals surface area contributed by atoms with E-state index in [0.29, 0.717) is 27.4 Å². The summed E-state index contributed by atoms with van der Waals surface area (Å²) in [7, 11) is -4.05. The number of carbonyl (C=O) groups is 1. The van der Waals surface area contributed by atoms with Crippen LogP contribution in [0.2, 0.25) is 0 Å². The van der Waals surface area contributed by atoms with Gasteiger partial charge in [0, 0.05) is 36.1 Å². The second kappa shape index (κ2) is 9.33. The molecule has 1 saturated heterocycles. The van der Waals surface area contributed by atoms with Gasteiger partial charge in [-0.2, -0.15) is 13.2 Å². The van der Waals surface area contributed by atoms with Gasteiger partial charge in [0.15, 0.2) is 5.82 Å². The SMILES string of the molecule is CC1Cc2cc(S(=O)(=O)Nc3cccc(-c4ccc(N5CCCC5)nn4)c3)ccc2N1C(=O)C(F)(F)F. The Morgan fingerprint density at radius 1 is 1.03 bits per heavy atom. The van der Waals surface area contributed by atoms with Crippen LogP contribution >= 0.6 is 0 Å². The maximum absolute atomic E-state index is 13.1. The molecule has 0 aliphatic carbocycles. The van der Waals surface area contributed by atoms with E-state index in [1.807, 2.05) is 12.1 Å². The second-order valence-electron chi connectivity index (χ2n) is 9.17. The van der Waals surface area contributed by atoms with Gasteiger partial charge in [0.1, 0.15) is 0 Å². The van der Waals surface area contributed by atoms with Crippen molar-refractivity contribution in [1.29, 1.82) is 0 Å². The second-order valence-corrected chi connectivity index (χ2v) is 10.9. The number of alkyl halides is 3. The van der Waals surface area contributed by atoms with Gasteiger partial charge in [-0.3, -0.25) is 9.52 Å². The molecule has 2 aliphatic rings. The Morgan fingerprint density at radius 3 is 2.46 bits per heavy atom. The zero-order chi connectivity index (χ0) is 26.4. The van der Waals surface area contributed by atoms with Crippen LogP contribution in [0.4, 0.5) is 30.4 Å². The van der Waals surface area contributed by atoms with Gasteiger partial charge in [-0.1, -0.05) is 12.1 Å². The first kappa shape index (κ1) is 25.0. The summed E-state index contributed by atoms with van der Waals surface area (Å²) in [4.78, 5) is 14.6. The predicted molar refractivity (Wildman–Crippen MR) is 133 cm³/mol. The molecule has 12 heteroatoms. The fraction of sp³-hybridized carbons (Fsp3) is 0.320. The van der Waals surface area contributed by atoms with Crippen LogP contribution in [-0.4, -0.2) is 49.8 Å². The van der Waals surface area contributed by atoms with Crippen LogP contribution in [0.1, 0.15) is 25.3 Å². The molecule has 194 valence electrons. The largest absolute Gasteiger partial charge is 0.471 e. The smallest absolute Gasteiger partial charge is 0.355 e. The van der Waals surface area contributed by atoms with Crippen molar-refractivity contribution in [1.82, 2.24) is 10.2 Å². The van der Waals surface area contributed by atoms with Gasteiger partial charge in [-0.05, 0) is 74.2 Å². The molecule has 3 aromatic rings. The highest BCUT2D eigenvalue weighted by atomic mass is 32.2. The first-order valence-corrected chi connectivity index (χ1v) is 13.3. The fourth-order valence-electron chi connectivity index (χ4n) is 4.77. The summed E-state index contributed by atoms with van der Waals surface area (Å²) >= 11 is 0. The molecular formula is C25H24F3N5O3S. The highest BCUT2D eigenvalue weighted by Crippen LogP contribution is 2.37. The number of rotatable bonds is 5. The first-order valence-electron chi connectivity index (χ1n) is 11.8. The number of sulfonamides is 1. The summed E-state index contributed by atoms with van der Waals surface area (Å²) in [5.41, 5.74) is 1.97. The molecule has 0 radical (unpaired) electrons. The molecule has 1 amide bonds. The van der Waals surface area contributed by atoms with Crippen molar-refractivity contribution in [3.05, 3.63) is 60.2 Å². The number of fused-ring (bicyclic) bond motifs is 1. The average molecular weight is 532 g/mol. The van der Waals surface area contributed by atoms with E-state index in [1.54, 1.807) is 24.3 Å². The van der Waals surface area contributed by atoms with Crippen LogP contribution in [0.5, 0.6) is 0 Å². The molecule has 0 spiro atoms. The highest BCUT2D eigenvalue weighted by Gasteiger charge is 2.47. The minimum atomic E-state index is -5.02. The van der Waals surface area contributed by atoms with Crippen LogP contribution in [0.25, 0.3) is 11.3 Å². The Hall–Kier alpha value is -3.67. The predicted octanol–water partition coefficient (Wildman–Crippen LogP) is 4.38. The lowest BCUT2D eigenvalue weighted by Gasteiger charge is -2.23. The number of hydrogen-bond acceptors (Lipinski definition) is 6. The molecule has 1 unspecified atom stereocenters. The zero-order valence-corrected chi connectivity index (χ0v) is 20.7. The lowest BCUT2D eigenvalue weighted by molar-refractivity contribution is -0.170. The summed E-state index contributed by atoms with van der Waals surface area (Å²) in [6.45, 7) is 3.38. The van der Waals surface area contributed by atoms with Gasteiger partial charge >= 0.3 is 12.1 Å². The fourth-order valence-corrected chi connectivity index (χ4v) is 5.87. The summed E-state index contributed by atoms with van der Waals surface area (Å²) < 4.78 is 67.8. The third-order valence-electron chi connectivity index (χ3n) is 6.53. The van der Waals surface area contributed by atoms with Crippen molar-refractivity contribution >= 4 is 33.1 Å². The topological polar surface area (TPSA) is 95.5 Å². The standard InChI is InChI=1S/C25H24F3N5O3S/c1-16-13-18-15-20(7-9-22(18)33(16)24(34)25(26,27)28)37(35,36)31-19-6-4-5-17(14-19)21-8-10-23(30-29-21)32-11-2-3-12-32/h4-10,14-16,31H,2-3,11-13H2,1H3. The molecule has 3 heterocycles. The minimum absolute atomic E-state index is 0.0618. The molecular weight excluding hydrogens is 507 g/mol. The van der Waals surface area contributed by atoms with Crippen molar-refractivity contribution in [2.45, 2.75) is 43.3 Å². The minimum Gasteiger partial charge on any atom is -0.355 e. The number of hydrogen-bond donors (Lipinski definition) is 1. The molecule has 1 aromatic heterocycles. The van der Waals surface area contributed by atoms with E-state index in [1.165, 1.54) is 25.1 Å². The van der Waals surface area contributed by atoms with E-state index in [4.69, 9.17) is 0 Å². The Kier molecular flexibility index (Phi) is 6.30. The van der Waals surface area contributed by atoms with Crippen LogP contribution < -0.4 is 14.5 Å². The van der Waals surface area contributed by atoms with E-state index in [-0.39, 0.29) is 17.0 Å². The highest BCUT2D eigenvalue weighted by molar-refractivity contribution is 7.92. The number of carbonyl (C=O) groups excluding carboxylic acids is 1. The van der Waals surface area contributed by atoms with Crippen LogP contribution in [0.3, 0.4) is 0 Å². The first-order chi connectivity index (χ1) is 17.5. The van der Waals surface area contributed by atoms with E-state index in [9.17, 15) is 26.4 Å². The molecule has 2 aromatic carbocycles. The van der Waals surface area contributed by atoms with Crippen molar-refractivity contribution < 1.29 is 26.4 Å². The van der Waals surface area contributed by atoms with E-state index >= 15 is 0 Å². The molecule has 1 N–H and O–H groups in total. The molecule has 5 rings (SSSR count). The molecule has 1 fully saturated rings. The van der Waals surface area contributed by atoms with Crippen LogP contribution in [0.15, 0.2) is 59.5 Å². The lowest BCUT2D eigenvalue weighted by Crippen LogP contribution is -2.44. The molecule has 8 nitrogen and oxygen atoms in total. The molecule has 1 atom stereocenters. The number of anilines is 3. The van der Waals surface area contributed by atoms with Crippen LogP contribution in [0, 0.1) is 0 Å². The number of amides is 1. The Balaban J connectivity index is 1.36. The Labute approximate surface area is 212 Å². The summed E-state index contributed by atoms with van der Waals surface area (Å²) in [5, 5.41) is 8.59. The zero-order valence-electron chi connectivity index (χ0n) is 19.9. The number of nitrogens with zero attached hydrogens (tertiary/aromatic N) is 4. The average Bonchev–Trinajstić information content (AvgIpc) is 3.50. The van der Waals surface area contributed by atoms with Gasteiger partial charge in [-0.15, -0.1) is 10.2 Å². The van der Waals surface area contributed by atoms with E-state index in [0.717, 1.165) is 31.7 Å². The van der Waals surface area contributed by atoms with Crippen molar-refractivity contribution in [2.24, 2.45) is 0 Å². The van der Waals surface area contributed by atoms with Gasteiger partial charge in [-0.25, -0.2) is 8.42 Å². The number of aromatic nitrogens is 2. The summed E-state index contributed by atoms with van der Waals surface area (Å²) in [6, 6.07) is 13.4.